The Morgan fingerprint density at radius 1 is 1.27 bits per heavy atom. The number of nitrogens with one attached hydrogen (secondary N) is 1. The molecule has 116 valence electrons. The summed E-state index contributed by atoms with van der Waals surface area (Å²) >= 11 is 1.13. The van der Waals surface area contributed by atoms with Gasteiger partial charge in [-0.05, 0) is 26.3 Å². The molecule has 0 atom stereocenters. The van der Waals surface area contributed by atoms with E-state index in [1.807, 2.05) is 30.3 Å². The van der Waals surface area contributed by atoms with Crippen molar-refractivity contribution in [3.63, 3.8) is 0 Å². The molecule has 0 aliphatic rings. The summed E-state index contributed by atoms with van der Waals surface area (Å²) in [5, 5.41) is 3.13. The van der Waals surface area contributed by atoms with Gasteiger partial charge in [0, 0.05) is 0 Å². The SMILES string of the molecule is Cc1nc(NC(=O)Cc2ccccc2)sc1C(=O)OC(C)C. The molecule has 0 unspecified atom stereocenters. The molecule has 5 nitrogen and oxygen atoms in total. The molecule has 0 saturated carbocycles. The number of thiazole rings is 1. The summed E-state index contributed by atoms with van der Waals surface area (Å²) in [7, 11) is 0. The Balaban J connectivity index is 2.01. The van der Waals surface area contributed by atoms with Gasteiger partial charge in [0.2, 0.25) is 5.91 Å². The Morgan fingerprint density at radius 3 is 2.59 bits per heavy atom. The lowest BCUT2D eigenvalue weighted by molar-refractivity contribution is -0.115. The van der Waals surface area contributed by atoms with Crippen LogP contribution < -0.4 is 5.32 Å². The van der Waals surface area contributed by atoms with Gasteiger partial charge >= 0.3 is 5.97 Å². The maximum atomic E-state index is 12.0. The summed E-state index contributed by atoms with van der Waals surface area (Å²) in [6, 6.07) is 9.45. The molecule has 2 aromatic rings. The summed E-state index contributed by atoms with van der Waals surface area (Å²) in [4.78, 5) is 28.5. The maximum Gasteiger partial charge on any atom is 0.350 e. The van der Waals surface area contributed by atoms with Crippen LogP contribution in [0, 0.1) is 6.92 Å². The maximum absolute atomic E-state index is 12.0. The van der Waals surface area contributed by atoms with Crippen molar-refractivity contribution < 1.29 is 14.3 Å². The Morgan fingerprint density at radius 2 is 1.95 bits per heavy atom. The monoisotopic (exact) mass is 318 g/mol. The first-order valence-corrected chi connectivity index (χ1v) is 7.79. The molecule has 0 saturated heterocycles. The zero-order valence-electron chi connectivity index (χ0n) is 12.8. The lowest BCUT2D eigenvalue weighted by atomic mass is 10.1. The number of esters is 1. The van der Waals surface area contributed by atoms with Crippen LogP contribution in [-0.4, -0.2) is 23.0 Å². The van der Waals surface area contributed by atoms with E-state index < -0.39 is 5.97 Å². The van der Waals surface area contributed by atoms with Crippen molar-refractivity contribution in [3.8, 4) is 0 Å². The average molecular weight is 318 g/mol. The molecular formula is C16H18N2O3S. The first-order valence-electron chi connectivity index (χ1n) is 6.98. The first kappa shape index (κ1) is 16.2. The number of anilines is 1. The highest BCUT2D eigenvalue weighted by Crippen LogP contribution is 2.24. The minimum absolute atomic E-state index is 0.163. The van der Waals surface area contributed by atoms with Crippen LogP contribution in [-0.2, 0) is 16.0 Å². The second kappa shape index (κ2) is 7.17. The summed E-state index contributed by atoms with van der Waals surface area (Å²) in [5.41, 5.74) is 1.48. The van der Waals surface area contributed by atoms with Gasteiger partial charge in [-0.15, -0.1) is 0 Å². The predicted octanol–water partition coefficient (Wildman–Crippen LogP) is 3.20. The quantitative estimate of drug-likeness (QED) is 0.860. The molecule has 22 heavy (non-hydrogen) atoms. The Bertz CT molecular complexity index is 665. The van der Waals surface area contributed by atoms with Gasteiger partial charge in [-0.3, -0.25) is 4.79 Å². The molecule has 2 rings (SSSR count). The fourth-order valence-corrected chi connectivity index (χ4v) is 2.72. The fraction of sp³-hybridized carbons (Fsp3) is 0.312. The third-order valence-corrected chi connectivity index (χ3v) is 3.83. The van der Waals surface area contributed by atoms with Crippen LogP contribution in [0.4, 0.5) is 5.13 Å². The van der Waals surface area contributed by atoms with Crippen LogP contribution >= 0.6 is 11.3 Å². The minimum atomic E-state index is -0.409. The first-order chi connectivity index (χ1) is 10.5. The van der Waals surface area contributed by atoms with Crippen molar-refractivity contribution in [3.05, 3.63) is 46.5 Å². The van der Waals surface area contributed by atoms with E-state index in [-0.39, 0.29) is 18.4 Å². The van der Waals surface area contributed by atoms with Crippen molar-refractivity contribution in [1.82, 2.24) is 4.98 Å². The molecule has 0 fully saturated rings. The summed E-state index contributed by atoms with van der Waals surface area (Å²) in [6.07, 6.45) is 0.0794. The van der Waals surface area contributed by atoms with Crippen molar-refractivity contribution in [2.24, 2.45) is 0 Å². The van der Waals surface area contributed by atoms with E-state index in [2.05, 4.69) is 10.3 Å². The van der Waals surface area contributed by atoms with Gasteiger partial charge in [-0.2, -0.15) is 0 Å². The van der Waals surface area contributed by atoms with Crippen LogP contribution in [0.1, 0.15) is 34.8 Å². The van der Waals surface area contributed by atoms with E-state index in [1.54, 1.807) is 20.8 Å². The standard InChI is InChI=1S/C16H18N2O3S/c1-10(2)21-15(20)14-11(3)17-16(22-14)18-13(19)9-12-7-5-4-6-8-12/h4-8,10H,9H2,1-3H3,(H,17,18,19). The van der Waals surface area contributed by atoms with Gasteiger partial charge in [0.1, 0.15) is 4.88 Å². The molecule has 6 heteroatoms. The van der Waals surface area contributed by atoms with E-state index in [1.165, 1.54) is 0 Å². The highest BCUT2D eigenvalue weighted by atomic mass is 32.1. The van der Waals surface area contributed by atoms with Crippen molar-refractivity contribution in [1.29, 1.82) is 0 Å². The molecular weight excluding hydrogens is 300 g/mol. The van der Waals surface area contributed by atoms with Crippen LogP contribution in [0.25, 0.3) is 0 Å². The van der Waals surface area contributed by atoms with Crippen LogP contribution in [0.15, 0.2) is 30.3 Å². The molecule has 1 aromatic carbocycles. The van der Waals surface area contributed by atoms with Crippen LogP contribution in [0.5, 0.6) is 0 Å². The van der Waals surface area contributed by atoms with E-state index in [0.717, 1.165) is 16.9 Å². The Labute approximate surface area is 133 Å². The third-order valence-electron chi connectivity index (χ3n) is 2.78. The van der Waals surface area contributed by atoms with Gasteiger partial charge in [0.25, 0.3) is 0 Å². The molecule has 0 aliphatic carbocycles. The zero-order valence-corrected chi connectivity index (χ0v) is 13.6. The number of benzene rings is 1. The minimum Gasteiger partial charge on any atom is -0.459 e. The molecule has 1 amide bonds. The van der Waals surface area contributed by atoms with Crippen LogP contribution in [0.3, 0.4) is 0 Å². The number of ether oxygens (including phenoxy) is 1. The normalized spacial score (nSPS) is 10.5. The van der Waals surface area contributed by atoms with Crippen molar-refractivity contribution >= 4 is 28.3 Å². The Kier molecular flexibility index (Phi) is 5.27. The molecule has 0 bridgehead atoms. The molecule has 0 radical (unpaired) electrons. The van der Waals surface area contributed by atoms with Gasteiger partial charge in [0.15, 0.2) is 5.13 Å². The number of nitrogens with zero attached hydrogens (tertiary/aromatic N) is 1. The van der Waals surface area contributed by atoms with Gasteiger partial charge in [-0.1, -0.05) is 41.7 Å². The Hall–Kier alpha value is -2.21. The largest absolute Gasteiger partial charge is 0.459 e. The summed E-state index contributed by atoms with van der Waals surface area (Å²) in [5.74, 6) is -0.572. The van der Waals surface area contributed by atoms with Gasteiger partial charge < -0.3 is 10.1 Å². The highest BCUT2D eigenvalue weighted by molar-refractivity contribution is 7.17. The van der Waals surface area contributed by atoms with Gasteiger partial charge in [0.05, 0.1) is 18.2 Å². The van der Waals surface area contributed by atoms with Crippen LogP contribution in [0.2, 0.25) is 0 Å². The second-order valence-electron chi connectivity index (χ2n) is 5.10. The number of rotatable bonds is 5. The van der Waals surface area contributed by atoms with E-state index in [0.29, 0.717) is 15.7 Å². The zero-order chi connectivity index (χ0) is 16.1. The lowest BCUT2D eigenvalue weighted by Gasteiger charge is -2.05. The number of hydrogen-bond donors (Lipinski definition) is 1. The van der Waals surface area contributed by atoms with Crippen molar-refractivity contribution in [2.45, 2.75) is 33.3 Å². The second-order valence-corrected chi connectivity index (χ2v) is 6.10. The van der Waals surface area contributed by atoms with E-state index in [4.69, 9.17) is 4.74 Å². The smallest absolute Gasteiger partial charge is 0.350 e. The predicted molar refractivity (Wildman–Crippen MR) is 86.2 cm³/mol. The fourth-order valence-electron chi connectivity index (χ4n) is 1.85. The van der Waals surface area contributed by atoms with Gasteiger partial charge in [-0.25, -0.2) is 9.78 Å². The lowest BCUT2D eigenvalue weighted by Crippen LogP contribution is -2.14. The third kappa shape index (κ3) is 4.39. The summed E-state index contributed by atoms with van der Waals surface area (Å²) in [6.45, 7) is 5.30. The number of aryl methyl sites for hydroxylation is 1. The number of aromatic nitrogens is 1. The molecule has 0 spiro atoms. The number of carbonyl (C=O) groups excluding carboxylic acids is 2. The highest BCUT2D eigenvalue weighted by Gasteiger charge is 2.18. The van der Waals surface area contributed by atoms with E-state index in [9.17, 15) is 9.59 Å². The van der Waals surface area contributed by atoms with E-state index >= 15 is 0 Å². The number of amides is 1. The topological polar surface area (TPSA) is 68.3 Å². The molecule has 1 heterocycles. The summed E-state index contributed by atoms with van der Waals surface area (Å²) < 4.78 is 5.15. The van der Waals surface area contributed by atoms with Crippen molar-refractivity contribution in [2.75, 3.05) is 5.32 Å². The molecule has 1 N–H and O–H groups in total. The number of carbonyl (C=O) groups is 2. The average Bonchev–Trinajstić information content (AvgIpc) is 2.79. The number of hydrogen-bond acceptors (Lipinski definition) is 5. The molecule has 1 aromatic heterocycles. The molecule has 0 aliphatic heterocycles.